The van der Waals surface area contributed by atoms with Crippen LogP contribution in [-0.2, 0) is 27.1 Å². The maximum Gasteiger partial charge on any atom is 0.226 e. The molecule has 0 unspecified atom stereocenters. The van der Waals surface area contributed by atoms with Gasteiger partial charge >= 0.3 is 0 Å². The first kappa shape index (κ1) is 18.9. The molecule has 2 aliphatic heterocycles. The van der Waals surface area contributed by atoms with Crippen molar-refractivity contribution in [2.45, 2.75) is 63.4 Å². The topological polar surface area (TPSA) is 77.7 Å². The summed E-state index contributed by atoms with van der Waals surface area (Å²) in [5.41, 5.74) is -0.0712. The zero-order valence-corrected chi connectivity index (χ0v) is 16.3. The third kappa shape index (κ3) is 4.35. The van der Waals surface area contributed by atoms with E-state index in [4.69, 9.17) is 14.0 Å². The van der Waals surface area contributed by atoms with E-state index < -0.39 is 0 Å². The van der Waals surface area contributed by atoms with Gasteiger partial charge in [0.05, 0.1) is 12.2 Å². The number of likely N-dealkylation sites (tertiary alicyclic amines) is 1. The lowest BCUT2D eigenvalue weighted by Gasteiger charge is -2.47. The third-order valence-electron chi connectivity index (χ3n) is 6.54. The second kappa shape index (κ2) is 8.27. The summed E-state index contributed by atoms with van der Waals surface area (Å²) in [5, 5.41) is 4.04. The molecular weight excluding hydrogens is 346 g/mol. The molecule has 1 aromatic rings. The van der Waals surface area contributed by atoms with Gasteiger partial charge in [-0.25, -0.2) is 0 Å². The number of hydrogen-bond donors (Lipinski definition) is 0. The van der Waals surface area contributed by atoms with Gasteiger partial charge in [0.15, 0.2) is 5.82 Å². The zero-order chi connectivity index (χ0) is 18.7. The summed E-state index contributed by atoms with van der Waals surface area (Å²) in [6.45, 7) is 3.06. The number of carbonyl (C=O) groups excluding carboxylic acids is 1. The molecule has 4 rings (SSSR count). The number of hydrogen-bond acceptors (Lipinski definition) is 6. The van der Waals surface area contributed by atoms with Gasteiger partial charge in [-0.3, -0.25) is 4.79 Å². The molecule has 0 aromatic carbocycles. The van der Waals surface area contributed by atoms with Crippen LogP contribution < -0.4 is 0 Å². The highest BCUT2D eigenvalue weighted by molar-refractivity contribution is 5.79. The van der Waals surface area contributed by atoms with Gasteiger partial charge in [-0.1, -0.05) is 11.6 Å². The molecule has 27 heavy (non-hydrogen) atoms. The van der Waals surface area contributed by atoms with Crippen LogP contribution in [0.4, 0.5) is 0 Å². The number of aromatic nitrogens is 2. The third-order valence-corrected chi connectivity index (χ3v) is 6.54. The van der Waals surface area contributed by atoms with Crippen molar-refractivity contribution in [3.63, 3.8) is 0 Å². The summed E-state index contributed by atoms with van der Waals surface area (Å²) < 4.78 is 16.7. The van der Waals surface area contributed by atoms with E-state index in [9.17, 15) is 4.79 Å². The van der Waals surface area contributed by atoms with E-state index >= 15 is 0 Å². The molecule has 1 aromatic heterocycles. The fourth-order valence-corrected chi connectivity index (χ4v) is 4.61. The van der Waals surface area contributed by atoms with Crippen molar-refractivity contribution in [2.75, 3.05) is 33.4 Å². The van der Waals surface area contributed by atoms with Crippen molar-refractivity contribution in [3.05, 3.63) is 11.7 Å². The van der Waals surface area contributed by atoms with E-state index in [2.05, 4.69) is 15.0 Å². The van der Waals surface area contributed by atoms with E-state index in [-0.39, 0.29) is 5.60 Å². The average molecular weight is 377 g/mol. The highest BCUT2D eigenvalue weighted by atomic mass is 16.5. The summed E-state index contributed by atoms with van der Waals surface area (Å²) in [4.78, 5) is 19.0. The molecule has 2 saturated heterocycles. The van der Waals surface area contributed by atoms with E-state index in [1.807, 2.05) is 0 Å². The molecule has 1 atom stereocenters. The minimum Gasteiger partial charge on any atom is -0.384 e. The van der Waals surface area contributed by atoms with Gasteiger partial charge in [0.1, 0.15) is 0 Å². The highest BCUT2D eigenvalue weighted by Gasteiger charge is 2.42. The Hall–Kier alpha value is -1.47. The standard InChI is InChI=1S/C20H31N3O4/c1-25-11-6-17-21-18(27-22-17)13-15-5-12-26-20(14-15)7-9-23(10-8-20)19(24)16-3-2-4-16/h15-16H,2-14H2,1H3/t15-/m1/s1. The van der Waals surface area contributed by atoms with Crippen LogP contribution in [0.1, 0.15) is 56.7 Å². The van der Waals surface area contributed by atoms with E-state index in [1.54, 1.807) is 7.11 Å². The Morgan fingerprint density at radius 1 is 1.30 bits per heavy atom. The number of amides is 1. The average Bonchev–Trinajstić information content (AvgIpc) is 3.06. The summed E-state index contributed by atoms with van der Waals surface area (Å²) in [7, 11) is 1.67. The predicted molar refractivity (Wildman–Crippen MR) is 98.1 cm³/mol. The number of carbonyl (C=O) groups is 1. The van der Waals surface area contributed by atoms with Gasteiger partial charge in [0.25, 0.3) is 0 Å². The maximum atomic E-state index is 12.5. The monoisotopic (exact) mass is 377 g/mol. The van der Waals surface area contributed by atoms with Crippen LogP contribution in [0, 0.1) is 11.8 Å². The Morgan fingerprint density at radius 3 is 2.81 bits per heavy atom. The van der Waals surface area contributed by atoms with Crippen LogP contribution >= 0.6 is 0 Å². The van der Waals surface area contributed by atoms with Crippen LogP contribution in [0.25, 0.3) is 0 Å². The first-order chi connectivity index (χ1) is 13.2. The van der Waals surface area contributed by atoms with Gasteiger partial charge in [-0.2, -0.15) is 4.98 Å². The predicted octanol–water partition coefficient (Wildman–Crippen LogP) is 2.39. The first-order valence-corrected chi connectivity index (χ1v) is 10.4. The molecule has 7 heteroatoms. The molecule has 3 fully saturated rings. The summed E-state index contributed by atoms with van der Waals surface area (Å²) in [6.07, 6.45) is 8.82. The minimum atomic E-state index is -0.0712. The molecule has 3 heterocycles. The SMILES string of the molecule is COCCc1noc(C[C@H]2CCOC3(CCN(C(=O)C4CCC4)CC3)C2)n1. The van der Waals surface area contributed by atoms with Crippen LogP contribution in [0.2, 0.25) is 0 Å². The van der Waals surface area contributed by atoms with Crippen molar-refractivity contribution < 1.29 is 18.8 Å². The molecule has 1 saturated carbocycles. The summed E-state index contributed by atoms with van der Waals surface area (Å²) in [5.74, 6) is 2.61. The van der Waals surface area contributed by atoms with E-state index in [0.717, 1.165) is 76.4 Å². The largest absolute Gasteiger partial charge is 0.384 e. The molecule has 0 bridgehead atoms. The van der Waals surface area contributed by atoms with Crippen LogP contribution in [0.5, 0.6) is 0 Å². The second-order valence-corrected chi connectivity index (χ2v) is 8.39. The fourth-order valence-electron chi connectivity index (χ4n) is 4.61. The molecule has 7 nitrogen and oxygen atoms in total. The van der Waals surface area contributed by atoms with Gasteiger partial charge in [0, 0.05) is 45.6 Å². The van der Waals surface area contributed by atoms with Crippen molar-refractivity contribution >= 4 is 5.91 Å². The zero-order valence-electron chi connectivity index (χ0n) is 16.3. The molecule has 0 radical (unpaired) electrons. The maximum absolute atomic E-state index is 12.5. The van der Waals surface area contributed by atoms with Crippen molar-refractivity contribution in [2.24, 2.45) is 11.8 Å². The normalized spacial score (nSPS) is 25.5. The Bertz CT molecular complexity index is 635. The van der Waals surface area contributed by atoms with E-state index in [0.29, 0.717) is 30.8 Å². The molecule has 1 spiro atoms. The Kier molecular flexibility index (Phi) is 5.78. The van der Waals surface area contributed by atoms with Gasteiger partial charge in [-0.15, -0.1) is 0 Å². The smallest absolute Gasteiger partial charge is 0.226 e. The minimum absolute atomic E-state index is 0.0712. The van der Waals surface area contributed by atoms with Gasteiger partial charge in [0.2, 0.25) is 11.8 Å². The molecule has 0 N–H and O–H groups in total. The summed E-state index contributed by atoms with van der Waals surface area (Å²) in [6, 6.07) is 0. The quantitative estimate of drug-likeness (QED) is 0.757. The van der Waals surface area contributed by atoms with Crippen molar-refractivity contribution in [1.29, 1.82) is 0 Å². The molecule has 1 aliphatic carbocycles. The number of piperidine rings is 1. The second-order valence-electron chi connectivity index (χ2n) is 8.39. The Labute approximate surface area is 160 Å². The lowest BCUT2D eigenvalue weighted by molar-refractivity contribution is -0.152. The van der Waals surface area contributed by atoms with E-state index in [1.165, 1.54) is 6.42 Å². The number of methoxy groups -OCH3 is 1. The molecular formula is C20H31N3O4. The van der Waals surface area contributed by atoms with Crippen molar-refractivity contribution in [1.82, 2.24) is 15.0 Å². The Morgan fingerprint density at radius 2 is 2.11 bits per heavy atom. The number of rotatable bonds is 6. The van der Waals surface area contributed by atoms with Crippen LogP contribution in [-0.4, -0.2) is 60.0 Å². The van der Waals surface area contributed by atoms with Crippen molar-refractivity contribution in [3.8, 4) is 0 Å². The fraction of sp³-hybridized carbons (Fsp3) is 0.850. The molecule has 1 amide bonds. The lowest BCUT2D eigenvalue weighted by Crippen LogP contribution is -2.52. The lowest BCUT2D eigenvalue weighted by atomic mass is 9.77. The Balaban J connectivity index is 1.29. The number of nitrogens with zero attached hydrogens (tertiary/aromatic N) is 3. The van der Waals surface area contributed by atoms with Crippen LogP contribution in [0.15, 0.2) is 4.52 Å². The highest BCUT2D eigenvalue weighted by Crippen LogP contribution is 2.39. The molecule has 150 valence electrons. The van der Waals surface area contributed by atoms with Crippen LogP contribution in [0.3, 0.4) is 0 Å². The van der Waals surface area contributed by atoms with Gasteiger partial charge in [-0.05, 0) is 44.4 Å². The molecule has 3 aliphatic rings. The summed E-state index contributed by atoms with van der Waals surface area (Å²) >= 11 is 0. The van der Waals surface area contributed by atoms with Gasteiger partial charge < -0.3 is 18.9 Å². The number of ether oxygens (including phenoxy) is 2. The first-order valence-electron chi connectivity index (χ1n) is 10.4.